The van der Waals surface area contributed by atoms with Gasteiger partial charge in [0, 0.05) is 11.1 Å². The first-order valence-electron chi connectivity index (χ1n) is 8.33. The first-order valence-corrected chi connectivity index (χ1v) is 8.33. The molecule has 26 heavy (non-hydrogen) atoms. The van der Waals surface area contributed by atoms with Crippen LogP contribution in [0.3, 0.4) is 0 Å². The predicted octanol–water partition coefficient (Wildman–Crippen LogP) is 5.22. The van der Waals surface area contributed by atoms with Crippen molar-refractivity contribution in [3.05, 3.63) is 95.6 Å². The average Bonchev–Trinajstić information content (AvgIpc) is 2.85. The Balaban J connectivity index is 1.90. The molecule has 128 valence electrons. The fraction of sp³-hybridized carbons (Fsp3) is 0.0455. The summed E-state index contributed by atoms with van der Waals surface area (Å²) in [7, 11) is 0. The average molecular weight is 342 g/mol. The Labute approximate surface area is 152 Å². The number of hydrogen-bond acceptors (Lipinski definition) is 4. The third kappa shape index (κ3) is 2.76. The second-order valence-corrected chi connectivity index (χ2v) is 6.15. The molecule has 1 aliphatic rings. The maximum Gasteiger partial charge on any atom is 0.153 e. The number of para-hydroxylation sites is 3. The molecule has 1 aliphatic heterocycles. The van der Waals surface area contributed by atoms with Crippen molar-refractivity contribution in [3.8, 4) is 11.5 Å². The zero-order chi connectivity index (χ0) is 18.1. The first kappa shape index (κ1) is 16.1. The Kier molecular flexibility index (Phi) is 4.03. The van der Waals surface area contributed by atoms with E-state index in [4.69, 9.17) is 14.9 Å². The summed E-state index contributed by atoms with van der Waals surface area (Å²) in [6.07, 6.45) is 0. The number of ether oxygens (including phenoxy) is 1. The third-order valence-electron chi connectivity index (χ3n) is 4.42. The fourth-order valence-electron chi connectivity index (χ4n) is 3.01. The summed E-state index contributed by atoms with van der Waals surface area (Å²) in [4.78, 5) is 4.89. The number of benzene rings is 3. The number of hydroxylamine groups is 1. The van der Waals surface area contributed by atoms with Gasteiger partial charge in [-0.05, 0) is 36.2 Å². The molecule has 1 heterocycles. The van der Waals surface area contributed by atoms with E-state index in [2.05, 4.69) is 12.1 Å². The molecule has 0 spiro atoms. The highest BCUT2D eigenvalue weighted by Crippen LogP contribution is 2.40. The van der Waals surface area contributed by atoms with E-state index >= 15 is 0 Å². The summed E-state index contributed by atoms with van der Waals surface area (Å²) in [6.45, 7) is 5.80. The van der Waals surface area contributed by atoms with Crippen molar-refractivity contribution in [2.45, 2.75) is 6.92 Å². The highest BCUT2D eigenvalue weighted by molar-refractivity contribution is 6.16. The normalized spacial score (nSPS) is 12.2. The molecule has 0 atom stereocenters. The number of aliphatic imine (C=N–C) groups is 1. The zero-order valence-corrected chi connectivity index (χ0v) is 14.4. The lowest BCUT2D eigenvalue weighted by Crippen LogP contribution is -2.06. The summed E-state index contributed by atoms with van der Waals surface area (Å²) in [5.74, 6) is 1.56. The number of rotatable bonds is 3. The van der Waals surface area contributed by atoms with Crippen molar-refractivity contribution in [3.63, 3.8) is 0 Å². The van der Waals surface area contributed by atoms with Crippen LogP contribution in [0.2, 0.25) is 0 Å². The van der Waals surface area contributed by atoms with Crippen molar-refractivity contribution in [1.29, 1.82) is 0 Å². The van der Waals surface area contributed by atoms with E-state index in [9.17, 15) is 0 Å². The molecule has 4 rings (SSSR count). The zero-order valence-electron chi connectivity index (χ0n) is 14.4. The van der Waals surface area contributed by atoms with Crippen LogP contribution in [0.25, 0.3) is 5.70 Å². The Morgan fingerprint density at radius 2 is 1.77 bits per heavy atom. The molecular weight excluding hydrogens is 324 g/mol. The van der Waals surface area contributed by atoms with Crippen molar-refractivity contribution in [2.75, 3.05) is 0 Å². The lowest BCUT2D eigenvalue weighted by Gasteiger charge is -2.13. The van der Waals surface area contributed by atoms with Crippen LogP contribution in [0, 0.1) is 6.92 Å². The molecule has 3 aromatic carbocycles. The van der Waals surface area contributed by atoms with Gasteiger partial charge < -0.3 is 4.74 Å². The molecule has 0 aliphatic carbocycles. The summed E-state index contributed by atoms with van der Waals surface area (Å²) >= 11 is 0. The van der Waals surface area contributed by atoms with E-state index in [1.807, 2.05) is 73.7 Å². The van der Waals surface area contributed by atoms with Crippen LogP contribution in [-0.2, 0) is 0 Å². The van der Waals surface area contributed by atoms with Gasteiger partial charge in [0.1, 0.15) is 11.4 Å². The largest absolute Gasteiger partial charge is 0.454 e. The molecule has 0 unspecified atom stereocenters. The van der Waals surface area contributed by atoms with E-state index in [1.54, 1.807) is 0 Å². The molecule has 0 aromatic heterocycles. The van der Waals surface area contributed by atoms with Gasteiger partial charge in [-0.2, -0.15) is 0 Å². The summed E-state index contributed by atoms with van der Waals surface area (Å²) in [5, 5.41) is 9.02. The van der Waals surface area contributed by atoms with Crippen LogP contribution < -0.4 is 10.2 Å². The second kappa shape index (κ2) is 6.50. The predicted molar refractivity (Wildman–Crippen MR) is 103 cm³/mol. The minimum Gasteiger partial charge on any atom is -0.454 e. The number of hydrogen-bond donors (Lipinski definition) is 2. The van der Waals surface area contributed by atoms with Crippen LogP contribution in [0.4, 0.5) is 5.69 Å². The maximum atomic E-state index is 9.02. The molecule has 3 aromatic rings. The van der Waals surface area contributed by atoms with Gasteiger partial charge in [-0.15, -0.1) is 0 Å². The molecule has 0 radical (unpaired) electrons. The van der Waals surface area contributed by atoms with Gasteiger partial charge in [0.15, 0.2) is 5.75 Å². The highest BCUT2D eigenvalue weighted by atomic mass is 16.5. The number of fused-ring (bicyclic) bond motifs is 2. The van der Waals surface area contributed by atoms with Gasteiger partial charge >= 0.3 is 0 Å². The van der Waals surface area contributed by atoms with Gasteiger partial charge in [0.25, 0.3) is 0 Å². The third-order valence-corrected chi connectivity index (χ3v) is 4.42. The lowest BCUT2D eigenvalue weighted by molar-refractivity contribution is 0.225. The SMILES string of the molecule is C=C(NO)c1ccc(C2=Nc3ccccc3Oc3c(C)cccc32)cc1. The van der Waals surface area contributed by atoms with E-state index in [0.717, 1.165) is 45.2 Å². The second-order valence-electron chi connectivity index (χ2n) is 6.15. The van der Waals surface area contributed by atoms with Crippen LogP contribution in [-0.4, -0.2) is 10.9 Å². The smallest absolute Gasteiger partial charge is 0.153 e. The number of nitrogens with one attached hydrogen (secondary N) is 1. The standard InChI is InChI=1S/C22H18N2O2/c1-14-6-5-7-18-21(17-12-10-16(11-13-17)15(2)24-25)23-19-8-3-4-9-20(19)26-22(14)18/h3-13,24-25H,2H2,1H3. The van der Waals surface area contributed by atoms with Gasteiger partial charge in [-0.1, -0.05) is 55.1 Å². The quantitative estimate of drug-likeness (QED) is 0.502. The summed E-state index contributed by atoms with van der Waals surface area (Å²) in [5.41, 5.74) is 7.96. The number of nitrogens with zero attached hydrogens (tertiary/aromatic N) is 1. The van der Waals surface area contributed by atoms with E-state index in [-0.39, 0.29) is 0 Å². The topological polar surface area (TPSA) is 53.8 Å². The van der Waals surface area contributed by atoms with Crippen LogP contribution in [0.5, 0.6) is 11.5 Å². The van der Waals surface area contributed by atoms with Gasteiger partial charge in [0.2, 0.25) is 0 Å². The lowest BCUT2D eigenvalue weighted by atomic mass is 9.98. The Morgan fingerprint density at radius 3 is 2.54 bits per heavy atom. The van der Waals surface area contributed by atoms with Gasteiger partial charge in [-0.3, -0.25) is 10.7 Å². The van der Waals surface area contributed by atoms with E-state index in [1.165, 1.54) is 0 Å². The highest BCUT2D eigenvalue weighted by Gasteiger charge is 2.20. The molecule has 0 saturated carbocycles. The molecular formula is C22H18N2O2. The molecule has 0 amide bonds. The van der Waals surface area contributed by atoms with E-state index in [0.29, 0.717) is 5.70 Å². The van der Waals surface area contributed by atoms with Gasteiger partial charge in [-0.25, -0.2) is 4.99 Å². The van der Waals surface area contributed by atoms with E-state index < -0.39 is 0 Å². The minimum absolute atomic E-state index is 0.448. The van der Waals surface area contributed by atoms with Crippen molar-refractivity contribution in [1.82, 2.24) is 5.48 Å². The van der Waals surface area contributed by atoms with Crippen molar-refractivity contribution >= 4 is 17.1 Å². The molecule has 2 N–H and O–H groups in total. The Bertz CT molecular complexity index is 1020. The van der Waals surface area contributed by atoms with Crippen molar-refractivity contribution in [2.24, 2.45) is 4.99 Å². The molecule has 0 fully saturated rings. The summed E-state index contributed by atoms with van der Waals surface area (Å²) < 4.78 is 6.19. The van der Waals surface area contributed by atoms with Gasteiger partial charge in [0.05, 0.1) is 11.4 Å². The minimum atomic E-state index is 0.448. The molecule has 0 bridgehead atoms. The number of aryl methyl sites for hydroxylation is 1. The van der Waals surface area contributed by atoms with Crippen LogP contribution in [0.15, 0.2) is 78.3 Å². The Morgan fingerprint density at radius 1 is 1.00 bits per heavy atom. The monoisotopic (exact) mass is 342 g/mol. The van der Waals surface area contributed by atoms with Crippen molar-refractivity contribution < 1.29 is 9.94 Å². The molecule has 0 saturated heterocycles. The maximum absolute atomic E-state index is 9.02. The van der Waals surface area contributed by atoms with Crippen LogP contribution >= 0.6 is 0 Å². The Hall–Kier alpha value is -3.37. The molecule has 4 heteroatoms. The van der Waals surface area contributed by atoms with Crippen LogP contribution in [0.1, 0.15) is 22.3 Å². The summed E-state index contributed by atoms with van der Waals surface area (Å²) in [6, 6.07) is 21.6. The first-order chi connectivity index (χ1) is 12.7. The fourth-order valence-corrected chi connectivity index (χ4v) is 3.01. The molecule has 4 nitrogen and oxygen atoms in total.